The standard InChI is InChI=1S/C19H25N5O2S/c1-18(2)11-19(3,23-16(20)27-18)15-9-12(6-7-21-15)8-14(25)13-10-26-17(22-13)24(4)5/h6-7,9-10H,8,11H2,1-5H3,(H2,20,23)/t19-/m0/s1. The molecule has 0 saturated heterocycles. The number of nitrogens with two attached hydrogens (primary N) is 1. The molecule has 7 nitrogen and oxygen atoms in total. The summed E-state index contributed by atoms with van der Waals surface area (Å²) in [5.74, 6) is -0.100. The molecular weight excluding hydrogens is 362 g/mol. The molecule has 27 heavy (non-hydrogen) atoms. The summed E-state index contributed by atoms with van der Waals surface area (Å²) < 4.78 is 5.27. The number of aromatic nitrogens is 2. The molecule has 0 bridgehead atoms. The quantitative estimate of drug-likeness (QED) is 0.788. The monoisotopic (exact) mass is 387 g/mol. The van der Waals surface area contributed by atoms with E-state index in [1.54, 1.807) is 22.9 Å². The molecule has 1 aliphatic heterocycles. The first kappa shape index (κ1) is 19.4. The van der Waals surface area contributed by atoms with Crippen molar-refractivity contribution in [2.75, 3.05) is 19.0 Å². The summed E-state index contributed by atoms with van der Waals surface area (Å²) in [6.07, 6.45) is 4.15. The lowest BCUT2D eigenvalue weighted by Gasteiger charge is -2.38. The lowest BCUT2D eigenvalue weighted by atomic mass is 9.86. The molecule has 3 heterocycles. The van der Waals surface area contributed by atoms with E-state index >= 15 is 0 Å². The van der Waals surface area contributed by atoms with E-state index in [1.807, 2.05) is 33.2 Å². The fraction of sp³-hybridized carbons (Fsp3) is 0.474. The summed E-state index contributed by atoms with van der Waals surface area (Å²) in [5.41, 5.74) is 7.55. The zero-order valence-corrected chi connectivity index (χ0v) is 17.1. The van der Waals surface area contributed by atoms with Gasteiger partial charge in [-0.1, -0.05) is 25.6 Å². The average molecular weight is 388 g/mol. The first-order chi connectivity index (χ1) is 12.6. The second kappa shape index (κ2) is 6.99. The van der Waals surface area contributed by atoms with Crippen LogP contribution in [0.5, 0.6) is 0 Å². The van der Waals surface area contributed by atoms with Gasteiger partial charge in [0.05, 0.1) is 5.69 Å². The number of carbonyl (C=O) groups excluding carboxylic acids is 1. The highest BCUT2D eigenvalue weighted by molar-refractivity contribution is 8.15. The number of ketones is 1. The molecule has 1 atom stereocenters. The van der Waals surface area contributed by atoms with Gasteiger partial charge in [-0.05, 0) is 31.0 Å². The Morgan fingerprint density at radius 2 is 2.11 bits per heavy atom. The van der Waals surface area contributed by atoms with Crippen LogP contribution < -0.4 is 10.6 Å². The molecule has 0 saturated carbocycles. The van der Waals surface area contributed by atoms with Crippen molar-refractivity contribution >= 4 is 28.7 Å². The van der Waals surface area contributed by atoms with Crippen molar-refractivity contribution in [3.05, 3.63) is 41.5 Å². The number of amidine groups is 1. The van der Waals surface area contributed by atoms with Crippen LogP contribution in [0.15, 0.2) is 34.0 Å². The molecule has 2 N–H and O–H groups in total. The highest BCUT2D eigenvalue weighted by Gasteiger charge is 2.40. The van der Waals surface area contributed by atoms with E-state index in [0.717, 1.165) is 17.7 Å². The molecule has 0 aromatic carbocycles. The van der Waals surface area contributed by atoms with E-state index in [2.05, 4.69) is 28.8 Å². The van der Waals surface area contributed by atoms with Gasteiger partial charge in [0.15, 0.2) is 11.0 Å². The molecule has 0 unspecified atom stereocenters. The van der Waals surface area contributed by atoms with Gasteiger partial charge in [-0.3, -0.25) is 9.78 Å². The number of nitrogens with zero attached hydrogens (tertiary/aromatic N) is 4. The van der Waals surface area contributed by atoms with Gasteiger partial charge in [0.25, 0.3) is 6.01 Å². The molecule has 0 aliphatic carbocycles. The third-order valence-corrected chi connectivity index (χ3v) is 5.41. The molecule has 3 rings (SSSR count). The number of thioether (sulfide) groups is 1. The lowest BCUT2D eigenvalue weighted by molar-refractivity contribution is 0.0988. The Kier molecular flexibility index (Phi) is 5.03. The summed E-state index contributed by atoms with van der Waals surface area (Å²) in [5, 5.41) is 0.566. The largest absolute Gasteiger partial charge is 0.431 e. The third kappa shape index (κ3) is 4.32. The van der Waals surface area contributed by atoms with Crippen molar-refractivity contribution in [2.45, 2.75) is 43.9 Å². The maximum absolute atomic E-state index is 12.6. The van der Waals surface area contributed by atoms with Gasteiger partial charge >= 0.3 is 0 Å². The molecule has 0 fully saturated rings. The first-order valence-electron chi connectivity index (χ1n) is 8.74. The molecule has 0 spiro atoms. The van der Waals surface area contributed by atoms with Gasteiger partial charge in [0.2, 0.25) is 0 Å². The number of carbonyl (C=O) groups is 1. The highest BCUT2D eigenvalue weighted by atomic mass is 32.2. The summed E-state index contributed by atoms with van der Waals surface area (Å²) in [7, 11) is 3.62. The van der Waals surface area contributed by atoms with Gasteiger partial charge in [0, 0.05) is 31.5 Å². The SMILES string of the molecule is CN(C)c1nc(C(=O)Cc2ccnc([C@]3(C)CC(C)(C)SC(N)=N3)c2)co1. The predicted octanol–water partition coefficient (Wildman–Crippen LogP) is 3.01. The molecule has 1 aliphatic rings. The van der Waals surface area contributed by atoms with E-state index in [1.165, 1.54) is 6.26 Å². The van der Waals surface area contributed by atoms with Crippen LogP contribution in [0.2, 0.25) is 0 Å². The maximum atomic E-state index is 12.6. The summed E-state index contributed by atoms with van der Waals surface area (Å²) in [4.78, 5) is 27.7. The van der Waals surface area contributed by atoms with Crippen molar-refractivity contribution < 1.29 is 9.21 Å². The third-order valence-electron chi connectivity index (χ3n) is 4.41. The number of pyridine rings is 1. The van der Waals surface area contributed by atoms with Crippen molar-refractivity contribution in [3.8, 4) is 0 Å². The minimum absolute atomic E-state index is 0.0304. The second-order valence-corrected chi connectivity index (χ2v) is 9.55. The van der Waals surface area contributed by atoms with Crippen LogP contribution in [-0.4, -0.2) is 39.8 Å². The first-order valence-corrected chi connectivity index (χ1v) is 9.55. The Balaban J connectivity index is 1.83. The topological polar surface area (TPSA) is 97.6 Å². The second-order valence-electron chi connectivity index (χ2n) is 7.82. The Morgan fingerprint density at radius 1 is 1.37 bits per heavy atom. The molecule has 2 aromatic heterocycles. The number of rotatable bonds is 5. The van der Waals surface area contributed by atoms with Gasteiger partial charge in [-0.2, -0.15) is 4.98 Å². The van der Waals surface area contributed by atoms with Crippen LogP contribution in [-0.2, 0) is 12.0 Å². The summed E-state index contributed by atoms with van der Waals surface area (Å²) >= 11 is 1.58. The summed E-state index contributed by atoms with van der Waals surface area (Å²) in [6.45, 7) is 6.34. The molecule has 144 valence electrons. The number of Topliss-reactive ketones (excluding diaryl/α,β-unsaturated/α-hetero) is 1. The Hall–Kier alpha value is -2.35. The maximum Gasteiger partial charge on any atom is 0.297 e. The van der Waals surface area contributed by atoms with E-state index < -0.39 is 5.54 Å². The Bertz CT molecular complexity index is 890. The lowest BCUT2D eigenvalue weighted by Crippen LogP contribution is -2.38. The van der Waals surface area contributed by atoms with Crippen molar-refractivity contribution in [3.63, 3.8) is 0 Å². The number of hydrogen-bond acceptors (Lipinski definition) is 8. The van der Waals surface area contributed by atoms with Gasteiger partial charge in [0.1, 0.15) is 17.5 Å². The fourth-order valence-corrected chi connectivity index (χ4v) is 4.52. The molecule has 8 heteroatoms. The van der Waals surface area contributed by atoms with E-state index in [9.17, 15) is 4.79 Å². The highest BCUT2D eigenvalue weighted by Crippen LogP contribution is 2.44. The fourth-order valence-electron chi connectivity index (χ4n) is 3.35. The summed E-state index contributed by atoms with van der Waals surface area (Å²) in [6, 6.07) is 4.19. The number of oxazole rings is 1. The number of hydrogen-bond donors (Lipinski definition) is 1. The van der Waals surface area contributed by atoms with Crippen molar-refractivity contribution in [1.29, 1.82) is 0 Å². The van der Waals surface area contributed by atoms with E-state index in [4.69, 9.17) is 10.2 Å². The van der Waals surface area contributed by atoms with Crippen LogP contribution in [0.25, 0.3) is 0 Å². The van der Waals surface area contributed by atoms with Crippen LogP contribution in [0.1, 0.15) is 48.9 Å². The van der Waals surface area contributed by atoms with Gasteiger partial charge in [-0.25, -0.2) is 4.99 Å². The van der Waals surface area contributed by atoms with Crippen LogP contribution in [0.3, 0.4) is 0 Å². The number of aliphatic imine (C=N–C) groups is 1. The van der Waals surface area contributed by atoms with Crippen molar-refractivity contribution in [1.82, 2.24) is 9.97 Å². The zero-order valence-electron chi connectivity index (χ0n) is 16.3. The smallest absolute Gasteiger partial charge is 0.297 e. The molecule has 0 radical (unpaired) electrons. The van der Waals surface area contributed by atoms with Crippen LogP contribution >= 0.6 is 11.8 Å². The molecule has 2 aromatic rings. The Morgan fingerprint density at radius 3 is 2.74 bits per heavy atom. The number of anilines is 1. The Labute approximate surface area is 163 Å². The normalized spacial score (nSPS) is 21.6. The van der Waals surface area contributed by atoms with E-state index in [-0.39, 0.29) is 17.0 Å². The van der Waals surface area contributed by atoms with Crippen LogP contribution in [0, 0.1) is 0 Å². The minimum Gasteiger partial charge on any atom is -0.431 e. The minimum atomic E-state index is -0.510. The van der Waals surface area contributed by atoms with Crippen LogP contribution in [0.4, 0.5) is 6.01 Å². The predicted molar refractivity (Wildman–Crippen MR) is 108 cm³/mol. The van der Waals surface area contributed by atoms with Gasteiger partial charge in [-0.15, -0.1) is 0 Å². The zero-order chi connectivity index (χ0) is 19.8. The van der Waals surface area contributed by atoms with Gasteiger partial charge < -0.3 is 15.1 Å². The van der Waals surface area contributed by atoms with E-state index in [0.29, 0.717) is 16.9 Å². The molecule has 0 amide bonds. The molecular formula is C19H25N5O2S. The average Bonchev–Trinajstić information content (AvgIpc) is 3.03. The van der Waals surface area contributed by atoms with Crippen molar-refractivity contribution in [2.24, 2.45) is 10.7 Å².